The van der Waals surface area contributed by atoms with Crippen LogP contribution in [0.3, 0.4) is 0 Å². The SMILES string of the molecule is COc1ccc(CCc2nnc(NC(=O)C3CCN(c4ccccc4)CC3)s2)cc1. The molecule has 2 heterocycles. The Hall–Kier alpha value is -2.93. The van der Waals surface area contributed by atoms with Crippen molar-refractivity contribution in [3.05, 3.63) is 65.2 Å². The van der Waals surface area contributed by atoms with Gasteiger partial charge in [-0.05, 0) is 49.1 Å². The van der Waals surface area contributed by atoms with Gasteiger partial charge in [0.25, 0.3) is 0 Å². The lowest BCUT2D eigenvalue weighted by Crippen LogP contribution is -2.38. The molecule has 7 heteroatoms. The maximum Gasteiger partial charge on any atom is 0.229 e. The number of hydrogen-bond donors (Lipinski definition) is 1. The van der Waals surface area contributed by atoms with Gasteiger partial charge < -0.3 is 15.0 Å². The van der Waals surface area contributed by atoms with Gasteiger partial charge in [0.05, 0.1) is 7.11 Å². The molecule has 1 aromatic heterocycles. The van der Waals surface area contributed by atoms with Crippen molar-refractivity contribution in [3.63, 3.8) is 0 Å². The number of para-hydroxylation sites is 1. The Morgan fingerprint density at radius 3 is 2.50 bits per heavy atom. The Morgan fingerprint density at radius 2 is 1.80 bits per heavy atom. The smallest absolute Gasteiger partial charge is 0.229 e. The van der Waals surface area contributed by atoms with Crippen LogP contribution in [0, 0.1) is 5.92 Å². The molecule has 1 aliphatic heterocycles. The summed E-state index contributed by atoms with van der Waals surface area (Å²) in [6, 6.07) is 18.4. The molecule has 0 unspecified atom stereocenters. The maximum absolute atomic E-state index is 12.7. The van der Waals surface area contributed by atoms with Crippen molar-refractivity contribution in [2.24, 2.45) is 5.92 Å². The van der Waals surface area contributed by atoms with Gasteiger partial charge in [-0.1, -0.05) is 41.7 Å². The summed E-state index contributed by atoms with van der Waals surface area (Å²) in [5.74, 6) is 0.937. The van der Waals surface area contributed by atoms with Crippen molar-refractivity contribution in [2.75, 3.05) is 30.4 Å². The number of aromatic nitrogens is 2. The summed E-state index contributed by atoms with van der Waals surface area (Å²) in [6.45, 7) is 1.79. The monoisotopic (exact) mass is 422 g/mol. The van der Waals surface area contributed by atoms with E-state index in [0.717, 1.165) is 49.5 Å². The minimum absolute atomic E-state index is 0.0246. The Kier molecular flexibility index (Phi) is 6.59. The van der Waals surface area contributed by atoms with Crippen LogP contribution in [-0.4, -0.2) is 36.3 Å². The van der Waals surface area contributed by atoms with Crippen LogP contribution in [0.15, 0.2) is 54.6 Å². The van der Waals surface area contributed by atoms with E-state index in [4.69, 9.17) is 4.74 Å². The van der Waals surface area contributed by atoms with Gasteiger partial charge in [0, 0.05) is 31.1 Å². The molecule has 0 saturated carbocycles. The molecule has 1 aliphatic rings. The third kappa shape index (κ3) is 5.16. The average molecular weight is 423 g/mol. The minimum atomic E-state index is 0.0246. The van der Waals surface area contributed by atoms with Gasteiger partial charge in [0.15, 0.2) is 0 Å². The van der Waals surface area contributed by atoms with Crippen molar-refractivity contribution in [1.82, 2.24) is 10.2 Å². The molecular formula is C23H26N4O2S. The fourth-order valence-electron chi connectivity index (χ4n) is 3.69. The molecule has 156 valence electrons. The molecule has 0 aliphatic carbocycles. The van der Waals surface area contributed by atoms with E-state index in [0.29, 0.717) is 5.13 Å². The fourth-order valence-corrected chi connectivity index (χ4v) is 4.44. The fraction of sp³-hybridized carbons (Fsp3) is 0.348. The summed E-state index contributed by atoms with van der Waals surface area (Å²) in [6.07, 6.45) is 3.38. The maximum atomic E-state index is 12.7. The number of piperidine rings is 1. The van der Waals surface area contributed by atoms with E-state index in [1.165, 1.54) is 22.6 Å². The summed E-state index contributed by atoms with van der Waals surface area (Å²) in [5.41, 5.74) is 2.45. The van der Waals surface area contributed by atoms with Gasteiger partial charge in [-0.2, -0.15) is 0 Å². The summed E-state index contributed by atoms with van der Waals surface area (Å²) in [5, 5.41) is 12.9. The number of aryl methyl sites for hydroxylation is 2. The van der Waals surface area contributed by atoms with Crippen molar-refractivity contribution >= 4 is 28.1 Å². The quantitative estimate of drug-likeness (QED) is 0.618. The predicted octanol–water partition coefficient (Wildman–Crippen LogP) is 4.19. The molecule has 3 aromatic rings. The first-order valence-electron chi connectivity index (χ1n) is 10.3. The van der Waals surface area contributed by atoms with E-state index in [-0.39, 0.29) is 11.8 Å². The number of nitrogens with one attached hydrogen (secondary N) is 1. The first-order valence-corrected chi connectivity index (χ1v) is 11.1. The largest absolute Gasteiger partial charge is 0.497 e. The van der Waals surface area contributed by atoms with Crippen LogP contribution in [0.1, 0.15) is 23.4 Å². The van der Waals surface area contributed by atoms with E-state index in [1.54, 1.807) is 7.11 Å². The highest BCUT2D eigenvalue weighted by atomic mass is 32.1. The average Bonchev–Trinajstić information content (AvgIpc) is 3.26. The second kappa shape index (κ2) is 9.71. The normalized spacial score (nSPS) is 14.5. The predicted molar refractivity (Wildman–Crippen MR) is 120 cm³/mol. The van der Waals surface area contributed by atoms with Gasteiger partial charge in [-0.3, -0.25) is 4.79 Å². The number of rotatable bonds is 7. The lowest BCUT2D eigenvalue weighted by Gasteiger charge is -2.32. The Labute approximate surface area is 180 Å². The third-order valence-corrected chi connectivity index (χ3v) is 6.37. The molecule has 0 radical (unpaired) electrons. The number of anilines is 2. The number of carbonyl (C=O) groups is 1. The lowest BCUT2D eigenvalue weighted by atomic mass is 9.95. The number of hydrogen-bond acceptors (Lipinski definition) is 6. The first kappa shape index (κ1) is 20.3. The van der Waals surface area contributed by atoms with E-state index >= 15 is 0 Å². The van der Waals surface area contributed by atoms with Gasteiger partial charge in [0.2, 0.25) is 11.0 Å². The molecule has 1 fully saturated rings. The Bertz CT molecular complexity index is 951. The van der Waals surface area contributed by atoms with Crippen molar-refractivity contribution in [3.8, 4) is 5.75 Å². The van der Waals surface area contributed by atoms with E-state index < -0.39 is 0 Å². The number of amides is 1. The summed E-state index contributed by atoms with van der Waals surface area (Å²) < 4.78 is 5.19. The van der Waals surface area contributed by atoms with Crippen LogP contribution in [0.5, 0.6) is 5.75 Å². The molecule has 1 amide bonds. The van der Waals surface area contributed by atoms with Gasteiger partial charge in [-0.15, -0.1) is 10.2 Å². The zero-order valence-electron chi connectivity index (χ0n) is 17.1. The number of carbonyl (C=O) groups excluding carboxylic acids is 1. The van der Waals surface area contributed by atoms with Gasteiger partial charge in [0.1, 0.15) is 10.8 Å². The standard InChI is InChI=1S/C23H26N4O2S/c1-29-20-10-7-17(8-11-20)9-12-21-25-26-23(30-21)24-22(28)18-13-15-27(16-14-18)19-5-3-2-4-6-19/h2-8,10-11,18H,9,12-16H2,1H3,(H,24,26,28). The molecule has 6 nitrogen and oxygen atoms in total. The van der Waals surface area contributed by atoms with Crippen LogP contribution in [0.4, 0.5) is 10.8 Å². The molecular weight excluding hydrogens is 396 g/mol. The first-order chi connectivity index (χ1) is 14.7. The summed E-state index contributed by atoms with van der Waals surface area (Å²) in [7, 11) is 1.67. The molecule has 30 heavy (non-hydrogen) atoms. The summed E-state index contributed by atoms with van der Waals surface area (Å²) >= 11 is 1.46. The van der Waals surface area contributed by atoms with Crippen molar-refractivity contribution in [2.45, 2.75) is 25.7 Å². The highest BCUT2D eigenvalue weighted by Gasteiger charge is 2.25. The van der Waals surface area contributed by atoms with Gasteiger partial charge >= 0.3 is 0 Å². The molecule has 0 bridgehead atoms. The van der Waals surface area contributed by atoms with Crippen LogP contribution < -0.4 is 15.0 Å². The van der Waals surface area contributed by atoms with Crippen LogP contribution >= 0.6 is 11.3 Å². The van der Waals surface area contributed by atoms with E-state index in [1.807, 2.05) is 18.2 Å². The highest BCUT2D eigenvalue weighted by Crippen LogP contribution is 2.25. The van der Waals surface area contributed by atoms with E-state index in [2.05, 4.69) is 56.8 Å². The highest BCUT2D eigenvalue weighted by molar-refractivity contribution is 7.15. The van der Waals surface area contributed by atoms with Crippen LogP contribution in [0.2, 0.25) is 0 Å². The number of ether oxygens (including phenoxy) is 1. The van der Waals surface area contributed by atoms with E-state index in [9.17, 15) is 4.79 Å². The topological polar surface area (TPSA) is 67.4 Å². The second-order valence-electron chi connectivity index (χ2n) is 7.44. The molecule has 0 spiro atoms. The van der Waals surface area contributed by atoms with Crippen LogP contribution in [0.25, 0.3) is 0 Å². The minimum Gasteiger partial charge on any atom is -0.497 e. The van der Waals surface area contributed by atoms with Crippen molar-refractivity contribution in [1.29, 1.82) is 0 Å². The van der Waals surface area contributed by atoms with Crippen LogP contribution in [-0.2, 0) is 17.6 Å². The third-order valence-electron chi connectivity index (χ3n) is 5.47. The number of nitrogens with zero attached hydrogens (tertiary/aromatic N) is 3. The molecule has 1 N–H and O–H groups in total. The van der Waals surface area contributed by atoms with Crippen molar-refractivity contribution < 1.29 is 9.53 Å². The number of benzene rings is 2. The summed E-state index contributed by atoms with van der Waals surface area (Å²) in [4.78, 5) is 15.0. The molecule has 0 atom stereocenters. The molecule has 1 saturated heterocycles. The second-order valence-corrected chi connectivity index (χ2v) is 8.50. The zero-order valence-corrected chi connectivity index (χ0v) is 17.9. The lowest BCUT2D eigenvalue weighted by molar-refractivity contribution is -0.120. The molecule has 2 aromatic carbocycles. The molecule has 4 rings (SSSR count). The van der Waals surface area contributed by atoms with Gasteiger partial charge in [-0.25, -0.2) is 0 Å². The Balaban J connectivity index is 1.25. The number of methoxy groups -OCH3 is 1. The Morgan fingerprint density at radius 1 is 1.07 bits per heavy atom. The zero-order chi connectivity index (χ0) is 20.8.